The highest BCUT2D eigenvalue weighted by molar-refractivity contribution is 5.31. The second-order valence-corrected chi connectivity index (χ2v) is 4.05. The Labute approximate surface area is 109 Å². The first-order chi connectivity index (χ1) is 9.06. The summed E-state index contributed by atoms with van der Waals surface area (Å²) in [7, 11) is 0. The molecular formula is C11H15N5O3. The van der Waals surface area contributed by atoms with Crippen LogP contribution in [0.25, 0.3) is 0 Å². The summed E-state index contributed by atoms with van der Waals surface area (Å²) < 4.78 is 0. The van der Waals surface area contributed by atoms with Gasteiger partial charge in [0.2, 0.25) is 0 Å². The SMILES string of the molecule is Cc1nc(CCCCCNC#N)[nH]c(=O)c1[N+](=O)[O-]. The lowest BCUT2D eigenvalue weighted by Crippen LogP contribution is -2.17. The molecule has 19 heavy (non-hydrogen) atoms. The molecule has 0 radical (unpaired) electrons. The van der Waals surface area contributed by atoms with Crippen molar-refractivity contribution in [1.82, 2.24) is 15.3 Å². The number of hydrogen-bond donors (Lipinski definition) is 2. The standard InChI is InChI=1S/C11H15N5O3/c1-8-10(16(18)19)11(17)15-9(14-8)5-3-2-4-6-13-7-12/h13H,2-6H2,1H3,(H,14,15,17). The van der Waals surface area contributed by atoms with Gasteiger partial charge >= 0.3 is 11.2 Å². The zero-order valence-electron chi connectivity index (χ0n) is 10.6. The van der Waals surface area contributed by atoms with Crippen LogP contribution in [-0.2, 0) is 6.42 Å². The number of nitrogens with one attached hydrogen (secondary N) is 2. The number of nitro groups is 1. The number of hydrogen-bond acceptors (Lipinski definition) is 6. The van der Waals surface area contributed by atoms with E-state index in [-0.39, 0.29) is 5.69 Å². The highest BCUT2D eigenvalue weighted by Gasteiger charge is 2.18. The molecule has 0 amide bonds. The number of nitrogens with zero attached hydrogens (tertiary/aromatic N) is 3. The van der Waals surface area contributed by atoms with E-state index >= 15 is 0 Å². The Morgan fingerprint density at radius 2 is 2.21 bits per heavy atom. The predicted octanol–water partition coefficient (Wildman–Crippen LogP) is 0.770. The lowest BCUT2D eigenvalue weighted by molar-refractivity contribution is -0.387. The molecule has 1 aromatic heterocycles. The van der Waals surface area contributed by atoms with Gasteiger partial charge in [0.05, 0.1) is 4.92 Å². The van der Waals surface area contributed by atoms with E-state index in [9.17, 15) is 14.9 Å². The number of H-pyrrole nitrogens is 1. The van der Waals surface area contributed by atoms with E-state index in [2.05, 4.69) is 15.3 Å². The molecule has 0 fully saturated rings. The second kappa shape index (κ2) is 7.10. The molecule has 0 saturated carbocycles. The van der Waals surface area contributed by atoms with Crippen molar-refractivity contribution in [2.45, 2.75) is 32.6 Å². The van der Waals surface area contributed by atoms with Crippen molar-refractivity contribution in [2.75, 3.05) is 6.54 Å². The van der Waals surface area contributed by atoms with E-state index in [1.165, 1.54) is 6.92 Å². The summed E-state index contributed by atoms with van der Waals surface area (Å²) in [5, 5.41) is 21.4. The fourth-order valence-electron chi connectivity index (χ4n) is 1.71. The zero-order valence-corrected chi connectivity index (χ0v) is 10.6. The predicted molar refractivity (Wildman–Crippen MR) is 67.4 cm³/mol. The Kier molecular flexibility index (Phi) is 5.47. The lowest BCUT2D eigenvalue weighted by Gasteiger charge is -2.02. The van der Waals surface area contributed by atoms with E-state index in [1.807, 2.05) is 6.19 Å². The smallest absolute Gasteiger partial charge is 0.324 e. The summed E-state index contributed by atoms with van der Waals surface area (Å²) in [5.74, 6) is 0.460. The molecular weight excluding hydrogens is 250 g/mol. The maximum absolute atomic E-state index is 11.5. The van der Waals surface area contributed by atoms with E-state index < -0.39 is 16.2 Å². The van der Waals surface area contributed by atoms with Crippen molar-refractivity contribution in [2.24, 2.45) is 0 Å². The Morgan fingerprint density at radius 3 is 2.79 bits per heavy atom. The molecule has 1 aromatic rings. The van der Waals surface area contributed by atoms with Crippen molar-refractivity contribution in [3.05, 3.63) is 32.0 Å². The molecule has 0 atom stereocenters. The quantitative estimate of drug-likeness (QED) is 0.246. The number of rotatable bonds is 7. The molecule has 8 heteroatoms. The van der Waals surface area contributed by atoms with Gasteiger partial charge in [-0.25, -0.2) is 4.98 Å². The van der Waals surface area contributed by atoms with Gasteiger partial charge in [0, 0.05) is 13.0 Å². The number of aromatic amines is 1. The van der Waals surface area contributed by atoms with Crippen LogP contribution >= 0.6 is 0 Å². The Hall–Kier alpha value is -2.43. The molecule has 0 aliphatic carbocycles. The van der Waals surface area contributed by atoms with Crippen LogP contribution in [0.15, 0.2) is 4.79 Å². The first-order valence-electron chi connectivity index (χ1n) is 5.92. The molecule has 0 bridgehead atoms. The van der Waals surface area contributed by atoms with Crippen molar-refractivity contribution >= 4 is 5.69 Å². The van der Waals surface area contributed by atoms with Gasteiger partial charge < -0.3 is 10.3 Å². The minimum atomic E-state index is -0.724. The minimum Gasteiger partial charge on any atom is -0.324 e. The summed E-state index contributed by atoms with van der Waals surface area (Å²) in [4.78, 5) is 27.8. The highest BCUT2D eigenvalue weighted by Crippen LogP contribution is 2.09. The summed E-state index contributed by atoms with van der Waals surface area (Å²) >= 11 is 0. The van der Waals surface area contributed by atoms with Crippen LogP contribution in [0, 0.1) is 28.5 Å². The third-order valence-corrected chi connectivity index (χ3v) is 2.60. The molecule has 0 aliphatic heterocycles. The van der Waals surface area contributed by atoms with Crippen molar-refractivity contribution in [3.63, 3.8) is 0 Å². The number of aromatic nitrogens is 2. The van der Waals surface area contributed by atoms with E-state index in [0.717, 1.165) is 19.3 Å². The van der Waals surface area contributed by atoms with Crippen LogP contribution in [0.2, 0.25) is 0 Å². The highest BCUT2D eigenvalue weighted by atomic mass is 16.6. The molecule has 0 saturated heterocycles. The average molecular weight is 265 g/mol. The lowest BCUT2D eigenvalue weighted by atomic mass is 10.2. The summed E-state index contributed by atoms with van der Waals surface area (Å²) in [5.41, 5.74) is -1.07. The molecule has 0 aliphatic rings. The summed E-state index contributed by atoms with van der Waals surface area (Å²) in [6.45, 7) is 2.08. The van der Waals surface area contributed by atoms with Gasteiger partial charge in [0.1, 0.15) is 11.5 Å². The Balaban J connectivity index is 2.55. The monoisotopic (exact) mass is 265 g/mol. The zero-order chi connectivity index (χ0) is 14.3. The van der Waals surface area contributed by atoms with Crippen LogP contribution < -0.4 is 10.9 Å². The normalized spacial score (nSPS) is 9.89. The maximum atomic E-state index is 11.5. The van der Waals surface area contributed by atoms with Crippen molar-refractivity contribution in [3.8, 4) is 6.19 Å². The van der Waals surface area contributed by atoms with Gasteiger partial charge in [-0.05, 0) is 19.8 Å². The second-order valence-electron chi connectivity index (χ2n) is 4.05. The third kappa shape index (κ3) is 4.39. The number of nitriles is 1. The average Bonchev–Trinajstić information content (AvgIpc) is 2.32. The van der Waals surface area contributed by atoms with Crippen LogP contribution in [0.4, 0.5) is 5.69 Å². The summed E-state index contributed by atoms with van der Waals surface area (Å²) in [6.07, 6.45) is 4.92. The Morgan fingerprint density at radius 1 is 1.47 bits per heavy atom. The molecule has 0 unspecified atom stereocenters. The number of unbranched alkanes of at least 4 members (excludes halogenated alkanes) is 2. The van der Waals surface area contributed by atoms with Gasteiger partial charge in [-0.3, -0.25) is 14.9 Å². The molecule has 2 N–H and O–H groups in total. The van der Waals surface area contributed by atoms with E-state index in [1.54, 1.807) is 0 Å². The largest absolute Gasteiger partial charge is 0.354 e. The molecule has 0 spiro atoms. The number of aryl methyl sites for hydroxylation is 2. The Bertz CT molecular complexity index is 546. The van der Waals surface area contributed by atoms with Gasteiger partial charge in [-0.15, -0.1) is 0 Å². The van der Waals surface area contributed by atoms with E-state index in [4.69, 9.17) is 5.26 Å². The molecule has 102 valence electrons. The van der Waals surface area contributed by atoms with Crippen LogP contribution in [0.5, 0.6) is 0 Å². The topological polar surface area (TPSA) is 125 Å². The van der Waals surface area contributed by atoms with Gasteiger partial charge in [0.25, 0.3) is 0 Å². The van der Waals surface area contributed by atoms with Gasteiger partial charge in [0.15, 0.2) is 6.19 Å². The fourth-order valence-corrected chi connectivity index (χ4v) is 1.71. The first-order valence-corrected chi connectivity index (χ1v) is 5.92. The molecule has 8 nitrogen and oxygen atoms in total. The molecule has 1 heterocycles. The summed E-state index contributed by atoms with van der Waals surface area (Å²) in [6, 6.07) is 0. The third-order valence-electron chi connectivity index (χ3n) is 2.60. The van der Waals surface area contributed by atoms with Crippen LogP contribution in [0.3, 0.4) is 0 Å². The van der Waals surface area contributed by atoms with Crippen LogP contribution in [-0.4, -0.2) is 21.4 Å². The maximum Gasteiger partial charge on any atom is 0.354 e. The van der Waals surface area contributed by atoms with E-state index in [0.29, 0.717) is 18.8 Å². The van der Waals surface area contributed by atoms with Crippen LogP contribution in [0.1, 0.15) is 30.8 Å². The fraction of sp³-hybridized carbons (Fsp3) is 0.545. The minimum absolute atomic E-state index is 0.134. The van der Waals surface area contributed by atoms with Gasteiger partial charge in [-0.1, -0.05) is 6.42 Å². The molecule has 1 rings (SSSR count). The van der Waals surface area contributed by atoms with Crippen molar-refractivity contribution in [1.29, 1.82) is 5.26 Å². The molecule has 0 aromatic carbocycles. The van der Waals surface area contributed by atoms with Crippen molar-refractivity contribution < 1.29 is 4.92 Å². The van der Waals surface area contributed by atoms with Gasteiger partial charge in [-0.2, -0.15) is 5.26 Å². The first kappa shape index (κ1) is 14.6.